The fraction of sp³-hybridized carbons (Fsp3) is 0.333. The molecule has 0 nitrogen and oxygen atoms in total. The smallest absolute Gasteiger partial charge is 0.202 e. The second kappa shape index (κ2) is 3.63. The summed E-state index contributed by atoms with van der Waals surface area (Å²) >= 11 is 5.27. The Morgan fingerprint density at radius 1 is 1.07 bits per heavy atom. The van der Waals surface area contributed by atoms with Crippen LogP contribution in [0.5, 0.6) is 0 Å². The molecular weight excluding hydrogens is 239 g/mol. The predicted octanol–water partition coefficient (Wildman–Crippen LogP) is 4.47. The molecule has 0 fully saturated rings. The van der Waals surface area contributed by atoms with Gasteiger partial charge in [-0.05, 0) is 12.1 Å². The van der Waals surface area contributed by atoms with Gasteiger partial charge in [0.25, 0.3) is 5.92 Å². The minimum Gasteiger partial charge on any atom is -0.202 e. The Hall–Kier alpha value is -0.840. The van der Waals surface area contributed by atoms with E-state index in [1.807, 2.05) is 0 Å². The zero-order chi connectivity index (χ0) is 11.9. The van der Waals surface area contributed by atoms with Crippen molar-refractivity contribution in [2.45, 2.75) is 19.0 Å². The highest BCUT2D eigenvalue weighted by atomic mass is 35.5. The minimum absolute atomic E-state index is 0.363. The molecule has 0 aliphatic carbocycles. The Bertz CT molecular complexity index is 364. The fourth-order valence-electron chi connectivity index (χ4n) is 1.02. The number of hydrogen-bond donors (Lipinski definition) is 0. The van der Waals surface area contributed by atoms with Gasteiger partial charge >= 0.3 is 6.18 Å². The van der Waals surface area contributed by atoms with Crippen LogP contribution in [0.2, 0.25) is 5.02 Å². The van der Waals surface area contributed by atoms with Gasteiger partial charge in [0, 0.05) is 12.5 Å². The summed E-state index contributed by atoms with van der Waals surface area (Å²) in [5.74, 6) is -3.31. The molecule has 84 valence electrons. The van der Waals surface area contributed by atoms with Gasteiger partial charge in [0.15, 0.2) is 0 Å². The molecular formula is C9H6ClF5. The van der Waals surface area contributed by atoms with E-state index >= 15 is 0 Å². The lowest BCUT2D eigenvalue weighted by Gasteiger charge is -2.14. The van der Waals surface area contributed by atoms with Crippen LogP contribution in [-0.2, 0) is 12.1 Å². The summed E-state index contributed by atoms with van der Waals surface area (Å²) in [7, 11) is 0. The molecule has 0 aliphatic rings. The monoisotopic (exact) mass is 244 g/mol. The van der Waals surface area contributed by atoms with Crippen molar-refractivity contribution in [3.8, 4) is 0 Å². The van der Waals surface area contributed by atoms with E-state index in [0.29, 0.717) is 13.0 Å². The normalized spacial score (nSPS) is 13.0. The van der Waals surface area contributed by atoms with E-state index in [0.717, 1.165) is 12.1 Å². The highest BCUT2D eigenvalue weighted by molar-refractivity contribution is 6.31. The first-order chi connectivity index (χ1) is 6.62. The third kappa shape index (κ3) is 2.81. The molecule has 0 spiro atoms. The summed E-state index contributed by atoms with van der Waals surface area (Å²) < 4.78 is 62.4. The van der Waals surface area contributed by atoms with Crippen LogP contribution < -0.4 is 0 Å². The van der Waals surface area contributed by atoms with Crippen molar-refractivity contribution >= 4 is 11.6 Å². The van der Waals surface area contributed by atoms with Crippen molar-refractivity contribution < 1.29 is 22.0 Å². The van der Waals surface area contributed by atoms with Gasteiger partial charge in [-0.3, -0.25) is 0 Å². The number of hydrogen-bond acceptors (Lipinski definition) is 0. The predicted molar refractivity (Wildman–Crippen MR) is 46.0 cm³/mol. The molecule has 0 unspecified atom stereocenters. The lowest BCUT2D eigenvalue weighted by atomic mass is 10.1. The van der Waals surface area contributed by atoms with Gasteiger partial charge in [0.2, 0.25) is 0 Å². The second-order valence-corrected chi connectivity index (χ2v) is 3.49. The van der Waals surface area contributed by atoms with Gasteiger partial charge in [-0.1, -0.05) is 17.7 Å². The van der Waals surface area contributed by atoms with E-state index in [1.54, 1.807) is 0 Å². The van der Waals surface area contributed by atoms with Gasteiger partial charge in [-0.25, -0.2) is 8.78 Å². The Morgan fingerprint density at radius 3 is 2.00 bits per heavy atom. The zero-order valence-electron chi connectivity index (χ0n) is 7.50. The Kier molecular flexibility index (Phi) is 2.96. The van der Waals surface area contributed by atoms with Crippen LogP contribution in [0.15, 0.2) is 18.2 Å². The maximum Gasteiger partial charge on any atom is 0.417 e. The van der Waals surface area contributed by atoms with Gasteiger partial charge < -0.3 is 0 Å². The largest absolute Gasteiger partial charge is 0.417 e. The quantitative estimate of drug-likeness (QED) is 0.640. The standard InChI is InChI=1S/C9H6ClF5/c1-8(11,12)5-2-3-7(10)6(4-5)9(13,14)15/h2-4H,1H3. The second-order valence-electron chi connectivity index (χ2n) is 3.08. The van der Waals surface area contributed by atoms with Crippen LogP contribution in [0, 0.1) is 0 Å². The van der Waals surface area contributed by atoms with Gasteiger partial charge in [-0.2, -0.15) is 13.2 Å². The first kappa shape index (κ1) is 12.2. The Morgan fingerprint density at radius 2 is 1.60 bits per heavy atom. The zero-order valence-corrected chi connectivity index (χ0v) is 8.26. The summed E-state index contributed by atoms with van der Waals surface area (Å²) in [6.45, 7) is 0.524. The molecule has 6 heteroatoms. The summed E-state index contributed by atoms with van der Waals surface area (Å²) in [5, 5.41) is -0.587. The Balaban J connectivity index is 3.30. The molecule has 0 saturated heterocycles. The van der Waals surface area contributed by atoms with E-state index < -0.39 is 28.2 Å². The average molecular weight is 245 g/mol. The summed E-state index contributed by atoms with van der Waals surface area (Å²) in [6, 6.07) is 2.05. The molecule has 1 rings (SSSR count). The van der Waals surface area contributed by atoms with E-state index in [2.05, 4.69) is 0 Å². The van der Waals surface area contributed by atoms with Crippen LogP contribution in [0.1, 0.15) is 18.1 Å². The maximum atomic E-state index is 12.7. The molecule has 0 N–H and O–H groups in total. The highest BCUT2D eigenvalue weighted by Crippen LogP contribution is 2.38. The molecule has 1 aromatic carbocycles. The molecule has 0 aromatic heterocycles. The van der Waals surface area contributed by atoms with Crippen LogP contribution in [-0.4, -0.2) is 0 Å². The van der Waals surface area contributed by atoms with Crippen LogP contribution in [0.3, 0.4) is 0 Å². The number of alkyl halides is 5. The third-order valence-electron chi connectivity index (χ3n) is 1.78. The number of rotatable bonds is 1. The molecule has 0 aliphatic heterocycles. The van der Waals surface area contributed by atoms with Crippen LogP contribution in [0.25, 0.3) is 0 Å². The van der Waals surface area contributed by atoms with Crippen LogP contribution in [0.4, 0.5) is 22.0 Å². The lowest BCUT2D eigenvalue weighted by Crippen LogP contribution is -2.11. The van der Waals surface area contributed by atoms with Gasteiger partial charge in [0.05, 0.1) is 10.6 Å². The van der Waals surface area contributed by atoms with Gasteiger partial charge in [0.1, 0.15) is 0 Å². The van der Waals surface area contributed by atoms with Gasteiger partial charge in [-0.15, -0.1) is 0 Å². The molecule has 0 amide bonds. The van der Waals surface area contributed by atoms with Crippen molar-refractivity contribution in [1.29, 1.82) is 0 Å². The summed E-state index contributed by atoms with van der Waals surface area (Å²) in [6.07, 6.45) is -4.72. The number of benzene rings is 1. The van der Waals surface area contributed by atoms with Crippen molar-refractivity contribution in [1.82, 2.24) is 0 Å². The highest BCUT2D eigenvalue weighted by Gasteiger charge is 2.35. The molecule has 1 aromatic rings. The fourth-order valence-corrected chi connectivity index (χ4v) is 1.24. The van der Waals surface area contributed by atoms with E-state index in [4.69, 9.17) is 11.6 Å². The van der Waals surface area contributed by atoms with Crippen LogP contribution >= 0.6 is 11.6 Å². The molecule has 0 heterocycles. The van der Waals surface area contributed by atoms with E-state index in [-0.39, 0.29) is 0 Å². The first-order valence-corrected chi connectivity index (χ1v) is 4.25. The van der Waals surface area contributed by atoms with Crippen molar-refractivity contribution in [2.75, 3.05) is 0 Å². The molecule has 0 radical (unpaired) electrons. The minimum atomic E-state index is -4.72. The van der Waals surface area contributed by atoms with E-state index in [1.165, 1.54) is 0 Å². The molecule has 15 heavy (non-hydrogen) atoms. The third-order valence-corrected chi connectivity index (χ3v) is 2.11. The maximum absolute atomic E-state index is 12.7. The number of halogens is 6. The van der Waals surface area contributed by atoms with E-state index in [9.17, 15) is 22.0 Å². The topological polar surface area (TPSA) is 0 Å². The lowest BCUT2D eigenvalue weighted by molar-refractivity contribution is -0.137. The van der Waals surface area contributed by atoms with Crippen molar-refractivity contribution in [2.24, 2.45) is 0 Å². The first-order valence-electron chi connectivity index (χ1n) is 3.87. The summed E-state index contributed by atoms with van der Waals surface area (Å²) in [4.78, 5) is 0. The molecule has 0 atom stereocenters. The van der Waals surface area contributed by atoms with Crippen molar-refractivity contribution in [3.63, 3.8) is 0 Å². The summed E-state index contributed by atoms with van der Waals surface area (Å²) in [5.41, 5.74) is -1.96. The average Bonchev–Trinajstić information content (AvgIpc) is 2.00. The van der Waals surface area contributed by atoms with Crippen molar-refractivity contribution in [3.05, 3.63) is 34.3 Å². The SMILES string of the molecule is CC(F)(F)c1ccc(Cl)c(C(F)(F)F)c1. The Labute approximate surface area is 87.7 Å². The molecule has 0 saturated carbocycles. The molecule has 0 bridgehead atoms.